The number of aliphatic hydroxyl groups excluding tert-OH is 1. The third-order valence-electron chi connectivity index (χ3n) is 8.56. The first-order valence-electron chi connectivity index (χ1n) is 9.88. The Labute approximate surface area is 146 Å². The summed E-state index contributed by atoms with van der Waals surface area (Å²) in [6, 6.07) is 0. The van der Waals surface area contributed by atoms with Crippen molar-refractivity contribution >= 4 is 0 Å². The summed E-state index contributed by atoms with van der Waals surface area (Å²) < 4.78 is 0. The van der Waals surface area contributed by atoms with Gasteiger partial charge >= 0.3 is 0 Å². The zero-order valence-corrected chi connectivity index (χ0v) is 15.4. The monoisotopic (exact) mass is 328 g/mol. The van der Waals surface area contributed by atoms with E-state index in [0.29, 0.717) is 11.8 Å². The van der Waals surface area contributed by atoms with Crippen LogP contribution in [0.15, 0.2) is 11.6 Å². The maximum absolute atomic E-state index is 11.2. The molecule has 0 bridgehead atoms. The highest BCUT2D eigenvalue weighted by molar-refractivity contribution is 5.29. The predicted octanol–water partition coefficient (Wildman–Crippen LogP) is 4.06. The molecule has 0 spiro atoms. The first-order valence-corrected chi connectivity index (χ1v) is 9.88. The van der Waals surface area contributed by atoms with Crippen LogP contribution >= 0.6 is 0 Å². The number of hydrogen-bond donors (Lipinski definition) is 2. The van der Waals surface area contributed by atoms with Gasteiger partial charge < -0.3 is 10.2 Å². The van der Waals surface area contributed by atoms with Crippen molar-refractivity contribution in [2.75, 3.05) is 0 Å². The molecule has 7 atom stereocenters. The van der Waals surface area contributed by atoms with Crippen molar-refractivity contribution in [3.8, 4) is 11.8 Å². The normalized spacial score (nSPS) is 53.1. The quantitative estimate of drug-likeness (QED) is 0.520. The second-order valence-corrected chi connectivity index (χ2v) is 9.39. The second-order valence-electron chi connectivity index (χ2n) is 9.39. The molecule has 4 aliphatic carbocycles. The first kappa shape index (κ1) is 16.7. The molecule has 0 aromatic rings. The zero-order valence-electron chi connectivity index (χ0n) is 15.4. The lowest BCUT2D eigenvalue weighted by atomic mass is 9.47. The summed E-state index contributed by atoms with van der Waals surface area (Å²) >= 11 is 0. The first-order chi connectivity index (χ1) is 11.3. The summed E-state index contributed by atoms with van der Waals surface area (Å²) in [5.41, 5.74) is 0.964. The van der Waals surface area contributed by atoms with Gasteiger partial charge in [-0.05, 0) is 81.5 Å². The highest BCUT2D eigenvalue weighted by atomic mass is 16.3. The van der Waals surface area contributed by atoms with E-state index in [1.165, 1.54) is 12.0 Å². The van der Waals surface area contributed by atoms with Gasteiger partial charge in [-0.15, -0.1) is 5.92 Å². The van der Waals surface area contributed by atoms with Gasteiger partial charge in [0.05, 0.1) is 6.10 Å². The topological polar surface area (TPSA) is 40.5 Å². The molecule has 0 aromatic heterocycles. The lowest BCUT2D eigenvalue weighted by Gasteiger charge is -2.58. The fourth-order valence-electron chi connectivity index (χ4n) is 7.07. The van der Waals surface area contributed by atoms with Gasteiger partial charge in [0.1, 0.15) is 5.60 Å². The Morgan fingerprint density at radius 3 is 2.58 bits per heavy atom. The van der Waals surface area contributed by atoms with Crippen molar-refractivity contribution in [2.24, 2.45) is 28.6 Å². The second kappa shape index (κ2) is 5.36. The highest BCUT2D eigenvalue weighted by Gasteiger charge is 2.63. The van der Waals surface area contributed by atoms with Crippen LogP contribution in [0.2, 0.25) is 0 Å². The third-order valence-corrected chi connectivity index (χ3v) is 8.56. The average molecular weight is 328 g/mol. The molecule has 24 heavy (non-hydrogen) atoms. The van der Waals surface area contributed by atoms with Crippen LogP contribution in [0.4, 0.5) is 0 Å². The predicted molar refractivity (Wildman–Crippen MR) is 96.1 cm³/mol. The molecule has 2 heteroatoms. The largest absolute Gasteiger partial charge is 0.393 e. The molecule has 3 fully saturated rings. The minimum Gasteiger partial charge on any atom is -0.393 e. The third kappa shape index (κ3) is 2.04. The molecule has 4 rings (SSSR count). The van der Waals surface area contributed by atoms with Crippen LogP contribution in [0.25, 0.3) is 0 Å². The summed E-state index contributed by atoms with van der Waals surface area (Å²) in [6.45, 7) is 6.61. The molecule has 0 saturated heterocycles. The van der Waals surface area contributed by atoms with Crippen molar-refractivity contribution in [3.63, 3.8) is 0 Å². The van der Waals surface area contributed by atoms with Crippen LogP contribution in [-0.2, 0) is 0 Å². The van der Waals surface area contributed by atoms with E-state index in [0.717, 1.165) is 50.9 Å². The minimum atomic E-state index is -0.787. The van der Waals surface area contributed by atoms with Gasteiger partial charge in [-0.2, -0.15) is 0 Å². The summed E-state index contributed by atoms with van der Waals surface area (Å²) in [5.74, 6) is 8.17. The van der Waals surface area contributed by atoms with Crippen molar-refractivity contribution in [3.05, 3.63) is 11.6 Å². The molecule has 0 unspecified atom stereocenters. The van der Waals surface area contributed by atoms with E-state index in [9.17, 15) is 10.2 Å². The Kier molecular flexibility index (Phi) is 3.72. The Morgan fingerprint density at radius 1 is 1.08 bits per heavy atom. The van der Waals surface area contributed by atoms with Crippen LogP contribution in [0, 0.1) is 40.4 Å². The molecule has 2 nitrogen and oxygen atoms in total. The molecule has 0 aromatic carbocycles. The summed E-state index contributed by atoms with van der Waals surface area (Å²) in [4.78, 5) is 0. The minimum absolute atomic E-state index is 0.0486. The van der Waals surface area contributed by atoms with E-state index in [1.807, 2.05) is 6.92 Å². The standard InChI is InChI=1S/C22H32O2/c1-4-10-22(24)13-9-19-17-6-5-15-14-16(23)7-11-20(15,2)18(17)8-12-21(19,22)3/h5,16-19,23-24H,6-9,11-14H2,1-3H3/t16-,17+,18-,19-,20-,21-,22-/m0/s1. The molecule has 0 radical (unpaired) electrons. The lowest BCUT2D eigenvalue weighted by molar-refractivity contribution is -0.0970. The van der Waals surface area contributed by atoms with Crippen LogP contribution < -0.4 is 0 Å². The smallest absolute Gasteiger partial charge is 0.131 e. The fourth-order valence-corrected chi connectivity index (χ4v) is 7.07. The van der Waals surface area contributed by atoms with E-state index in [-0.39, 0.29) is 16.9 Å². The Hall–Kier alpha value is -0.780. The van der Waals surface area contributed by atoms with Gasteiger partial charge in [0.2, 0.25) is 0 Å². The number of allylic oxidation sites excluding steroid dienone is 1. The lowest BCUT2D eigenvalue weighted by Crippen LogP contribution is -2.54. The van der Waals surface area contributed by atoms with Gasteiger partial charge in [-0.1, -0.05) is 31.4 Å². The van der Waals surface area contributed by atoms with Gasteiger partial charge in [0.25, 0.3) is 0 Å². The van der Waals surface area contributed by atoms with E-state index >= 15 is 0 Å². The zero-order chi connectivity index (χ0) is 17.2. The van der Waals surface area contributed by atoms with Gasteiger partial charge in [0, 0.05) is 5.41 Å². The van der Waals surface area contributed by atoms with E-state index in [4.69, 9.17) is 0 Å². The van der Waals surface area contributed by atoms with Crippen molar-refractivity contribution < 1.29 is 10.2 Å². The van der Waals surface area contributed by atoms with Gasteiger partial charge in [0.15, 0.2) is 0 Å². The van der Waals surface area contributed by atoms with Crippen LogP contribution in [-0.4, -0.2) is 21.9 Å². The average Bonchev–Trinajstić information content (AvgIpc) is 2.80. The molecule has 4 aliphatic rings. The van der Waals surface area contributed by atoms with Crippen LogP contribution in [0.3, 0.4) is 0 Å². The maximum atomic E-state index is 11.2. The van der Waals surface area contributed by atoms with Gasteiger partial charge in [-0.25, -0.2) is 0 Å². The van der Waals surface area contributed by atoms with E-state index in [1.54, 1.807) is 0 Å². The molecule has 3 saturated carbocycles. The summed E-state index contributed by atoms with van der Waals surface area (Å²) in [5, 5.41) is 21.3. The summed E-state index contributed by atoms with van der Waals surface area (Å²) in [6.07, 6.45) is 10.7. The maximum Gasteiger partial charge on any atom is 0.131 e. The number of rotatable bonds is 0. The number of aliphatic hydroxyl groups is 2. The fraction of sp³-hybridized carbons (Fsp3) is 0.818. The molecule has 2 N–H and O–H groups in total. The molecule has 0 amide bonds. The van der Waals surface area contributed by atoms with Crippen molar-refractivity contribution in [1.82, 2.24) is 0 Å². The molecule has 0 heterocycles. The summed E-state index contributed by atoms with van der Waals surface area (Å²) in [7, 11) is 0. The molecule has 132 valence electrons. The molecular formula is C22H32O2. The van der Waals surface area contributed by atoms with E-state index < -0.39 is 5.60 Å². The SMILES string of the molecule is CC#C[C@]1(O)CC[C@H]2[C@@H]3CC=C4C[C@@H](O)CC[C@]4(C)[C@H]3CC[C@@]21C. The Balaban J connectivity index is 1.69. The van der Waals surface area contributed by atoms with Crippen molar-refractivity contribution in [1.29, 1.82) is 0 Å². The number of fused-ring (bicyclic) bond motifs is 5. The number of hydrogen-bond acceptors (Lipinski definition) is 2. The highest BCUT2D eigenvalue weighted by Crippen LogP contribution is 2.66. The Morgan fingerprint density at radius 2 is 1.83 bits per heavy atom. The molecule has 0 aliphatic heterocycles. The van der Waals surface area contributed by atoms with Gasteiger partial charge in [-0.3, -0.25) is 0 Å². The van der Waals surface area contributed by atoms with Crippen LogP contribution in [0.5, 0.6) is 0 Å². The Bertz CT molecular complexity index is 626. The van der Waals surface area contributed by atoms with Crippen molar-refractivity contribution in [2.45, 2.75) is 83.8 Å². The van der Waals surface area contributed by atoms with E-state index in [2.05, 4.69) is 31.8 Å². The van der Waals surface area contributed by atoms with Crippen LogP contribution in [0.1, 0.15) is 72.1 Å². The molecular weight excluding hydrogens is 296 g/mol.